The molecule has 7 heteroatoms. The molecular weight excluding hydrogens is 274 g/mol. The quantitative estimate of drug-likeness (QED) is 0.480. The fourth-order valence-electron chi connectivity index (χ4n) is 2.30. The van der Waals surface area contributed by atoms with Crippen molar-refractivity contribution in [2.75, 3.05) is 11.4 Å². The first-order chi connectivity index (χ1) is 9.81. The number of hydrogen-bond acceptors (Lipinski definition) is 4. The van der Waals surface area contributed by atoms with Crippen LogP contribution in [0.5, 0.6) is 0 Å². The van der Waals surface area contributed by atoms with E-state index < -0.39 is 16.2 Å². The minimum atomic E-state index is -0.710. The number of rotatable bonds is 4. The summed E-state index contributed by atoms with van der Waals surface area (Å²) in [5.41, 5.74) is -0.328. The second kappa shape index (κ2) is 5.51. The largest absolute Gasteiger partial charge is 0.336 e. The highest BCUT2D eigenvalue weighted by atomic mass is 16.6. The van der Waals surface area contributed by atoms with E-state index in [0.717, 1.165) is 6.07 Å². The maximum absolute atomic E-state index is 12.1. The zero-order chi connectivity index (χ0) is 15.7. The molecule has 0 bridgehead atoms. The number of amides is 1. The highest BCUT2D eigenvalue weighted by molar-refractivity contribution is 6.07. The van der Waals surface area contributed by atoms with Crippen molar-refractivity contribution in [1.82, 2.24) is 4.57 Å². The Bertz CT molecular complexity index is 675. The molecule has 0 radical (unpaired) electrons. The number of carbonyl (C=O) groups is 1. The van der Waals surface area contributed by atoms with E-state index in [1.165, 1.54) is 15.7 Å². The van der Waals surface area contributed by atoms with E-state index in [1.807, 2.05) is 13.8 Å². The van der Waals surface area contributed by atoms with E-state index in [1.54, 1.807) is 0 Å². The van der Waals surface area contributed by atoms with Crippen LogP contribution in [0.3, 0.4) is 0 Å². The summed E-state index contributed by atoms with van der Waals surface area (Å²) in [6.07, 6.45) is 2.03. The van der Waals surface area contributed by atoms with Crippen LogP contribution >= 0.6 is 0 Å². The highest BCUT2D eigenvalue weighted by Gasteiger charge is 2.28. The number of aromatic nitrogens is 1. The van der Waals surface area contributed by atoms with E-state index >= 15 is 0 Å². The summed E-state index contributed by atoms with van der Waals surface area (Å²) in [7, 11) is 0. The molecule has 0 aliphatic carbocycles. The summed E-state index contributed by atoms with van der Waals surface area (Å²) in [6, 6.07) is 1.16. The van der Waals surface area contributed by atoms with Crippen molar-refractivity contribution < 1.29 is 9.72 Å². The van der Waals surface area contributed by atoms with Crippen molar-refractivity contribution in [3.63, 3.8) is 0 Å². The molecule has 0 spiro atoms. The Hall–Kier alpha value is -2.44. The molecule has 21 heavy (non-hydrogen) atoms. The van der Waals surface area contributed by atoms with Crippen molar-refractivity contribution in [1.29, 1.82) is 0 Å². The summed E-state index contributed by atoms with van der Waals surface area (Å²) in [6.45, 7) is 8.27. The van der Waals surface area contributed by atoms with Crippen molar-refractivity contribution in [2.24, 2.45) is 5.92 Å². The average Bonchev–Trinajstić information content (AvgIpc) is 2.72. The molecule has 0 aromatic carbocycles. The van der Waals surface area contributed by atoms with Gasteiger partial charge in [-0.1, -0.05) is 20.4 Å². The van der Waals surface area contributed by atoms with Crippen LogP contribution in [-0.2, 0) is 11.3 Å². The molecule has 0 N–H and O–H groups in total. The van der Waals surface area contributed by atoms with Crippen LogP contribution in [0.1, 0.15) is 20.3 Å². The van der Waals surface area contributed by atoms with Crippen LogP contribution in [-0.4, -0.2) is 21.9 Å². The average molecular weight is 291 g/mol. The molecule has 1 aromatic rings. The van der Waals surface area contributed by atoms with Gasteiger partial charge in [0.15, 0.2) is 0 Å². The first-order valence-electron chi connectivity index (χ1n) is 6.69. The van der Waals surface area contributed by atoms with E-state index in [-0.39, 0.29) is 11.8 Å². The van der Waals surface area contributed by atoms with Gasteiger partial charge in [0, 0.05) is 30.9 Å². The van der Waals surface area contributed by atoms with Crippen LogP contribution in [0.25, 0.3) is 0 Å². The van der Waals surface area contributed by atoms with Gasteiger partial charge in [-0.25, -0.2) is 0 Å². The van der Waals surface area contributed by atoms with Gasteiger partial charge in [-0.05, 0) is 12.3 Å². The van der Waals surface area contributed by atoms with Crippen LogP contribution in [0, 0.1) is 16.0 Å². The molecule has 1 aliphatic rings. The fraction of sp³-hybridized carbons (Fsp3) is 0.429. The lowest BCUT2D eigenvalue weighted by Gasteiger charge is -2.17. The summed E-state index contributed by atoms with van der Waals surface area (Å²) < 4.78 is 1.30. The molecule has 0 saturated carbocycles. The second-order valence-corrected chi connectivity index (χ2v) is 5.50. The zero-order valence-corrected chi connectivity index (χ0v) is 12.0. The third-order valence-corrected chi connectivity index (χ3v) is 3.31. The first kappa shape index (κ1) is 15.0. The molecule has 0 unspecified atom stereocenters. The molecule has 0 atom stereocenters. The minimum Gasteiger partial charge on any atom is -0.307 e. The molecular formula is C14H17N3O4. The van der Waals surface area contributed by atoms with Crippen LogP contribution in [0.15, 0.2) is 29.2 Å². The number of carbonyl (C=O) groups excluding carboxylic acids is 1. The molecule has 2 rings (SSSR count). The van der Waals surface area contributed by atoms with Crippen molar-refractivity contribution >= 4 is 17.3 Å². The molecule has 1 amide bonds. The van der Waals surface area contributed by atoms with Gasteiger partial charge in [0.05, 0.1) is 10.6 Å². The number of anilines is 1. The lowest BCUT2D eigenvalue weighted by atomic mass is 10.2. The lowest BCUT2D eigenvalue weighted by Crippen LogP contribution is -2.29. The maximum atomic E-state index is 12.1. The molecule has 1 fully saturated rings. The van der Waals surface area contributed by atoms with Gasteiger partial charge in [0.1, 0.15) is 0 Å². The van der Waals surface area contributed by atoms with E-state index in [4.69, 9.17) is 0 Å². The Balaban J connectivity index is 2.54. The Morgan fingerprint density at radius 2 is 2.10 bits per heavy atom. The topological polar surface area (TPSA) is 85.4 Å². The predicted octanol–water partition coefficient (Wildman–Crippen LogP) is 1.71. The molecule has 1 saturated heterocycles. The lowest BCUT2D eigenvalue weighted by molar-refractivity contribution is -0.386. The van der Waals surface area contributed by atoms with Gasteiger partial charge in [-0.2, -0.15) is 0 Å². The molecule has 112 valence electrons. The van der Waals surface area contributed by atoms with Crippen LogP contribution in [0.4, 0.5) is 11.4 Å². The molecule has 1 aliphatic heterocycles. The summed E-state index contributed by atoms with van der Waals surface area (Å²) in [4.78, 5) is 35.8. The minimum absolute atomic E-state index is 0.154. The normalized spacial score (nSPS) is 15.1. The van der Waals surface area contributed by atoms with Crippen LogP contribution < -0.4 is 10.5 Å². The van der Waals surface area contributed by atoms with Gasteiger partial charge in [-0.15, -0.1) is 0 Å². The molecule has 2 heterocycles. The Morgan fingerprint density at radius 1 is 1.43 bits per heavy atom. The van der Waals surface area contributed by atoms with E-state index in [0.29, 0.717) is 30.8 Å². The smallest absolute Gasteiger partial charge is 0.307 e. The SMILES string of the molecule is C=C1CCN(c2cc([N+](=O)[O-])c(=O)n(CC(C)C)c2)C1=O. The van der Waals surface area contributed by atoms with Gasteiger partial charge in [0.2, 0.25) is 0 Å². The first-order valence-corrected chi connectivity index (χ1v) is 6.69. The Labute approximate surface area is 121 Å². The van der Waals surface area contributed by atoms with Crippen molar-refractivity contribution in [3.8, 4) is 0 Å². The van der Waals surface area contributed by atoms with Gasteiger partial charge >= 0.3 is 11.2 Å². The molecule has 7 nitrogen and oxygen atoms in total. The number of nitrogens with zero attached hydrogens (tertiary/aromatic N) is 3. The third kappa shape index (κ3) is 2.86. The van der Waals surface area contributed by atoms with Gasteiger partial charge in [0.25, 0.3) is 5.91 Å². The zero-order valence-electron chi connectivity index (χ0n) is 12.0. The maximum Gasteiger partial charge on any atom is 0.336 e. The van der Waals surface area contributed by atoms with Crippen molar-refractivity contribution in [3.05, 3.63) is 44.9 Å². The monoisotopic (exact) mass is 291 g/mol. The number of nitro groups is 1. The summed E-state index contributed by atoms with van der Waals surface area (Å²) >= 11 is 0. The standard InChI is InChI=1S/C14H17N3O4/c1-9(2)7-15-8-11(6-12(14(15)19)17(20)21)16-5-4-10(3)13(16)18/h6,8-9H,3-5,7H2,1-2H3. The highest BCUT2D eigenvalue weighted by Crippen LogP contribution is 2.25. The van der Waals surface area contributed by atoms with Crippen LogP contribution in [0.2, 0.25) is 0 Å². The van der Waals surface area contributed by atoms with E-state index in [2.05, 4.69) is 6.58 Å². The molecule has 1 aromatic heterocycles. The fourth-order valence-corrected chi connectivity index (χ4v) is 2.30. The number of hydrogen-bond donors (Lipinski definition) is 0. The van der Waals surface area contributed by atoms with Gasteiger partial charge < -0.3 is 9.47 Å². The van der Waals surface area contributed by atoms with E-state index in [9.17, 15) is 19.7 Å². The predicted molar refractivity (Wildman–Crippen MR) is 78.3 cm³/mol. The summed E-state index contributed by atoms with van der Waals surface area (Å²) in [5.74, 6) is -0.0964. The second-order valence-electron chi connectivity index (χ2n) is 5.50. The van der Waals surface area contributed by atoms with Gasteiger partial charge in [-0.3, -0.25) is 19.7 Å². The third-order valence-electron chi connectivity index (χ3n) is 3.31. The summed E-state index contributed by atoms with van der Waals surface area (Å²) in [5, 5.41) is 11.0. The number of pyridine rings is 1. The Morgan fingerprint density at radius 3 is 2.57 bits per heavy atom. The van der Waals surface area contributed by atoms with Crippen molar-refractivity contribution in [2.45, 2.75) is 26.8 Å². The Kier molecular flexibility index (Phi) is 3.93.